The summed E-state index contributed by atoms with van der Waals surface area (Å²) in [4.78, 5) is 11.0. The van der Waals surface area contributed by atoms with Gasteiger partial charge in [-0.1, -0.05) is 6.58 Å². The molecule has 94 valence electrons. The molecular weight excluding hydrogens is 249 g/mol. The minimum absolute atomic E-state index is 1.09. The lowest BCUT2D eigenvalue weighted by Gasteiger charge is -2.22. The molecule has 0 heterocycles. The number of rotatable bonds is 5. The Balaban J connectivity index is 4.73. The second kappa shape index (κ2) is 5.43. The zero-order chi connectivity index (χ0) is 13.0. The van der Waals surface area contributed by atoms with Gasteiger partial charge in [0.1, 0.15) is 5.57 Å². The summed E-state index contributed by atoms with van der Waals surface area (Å²) in [6.07, 6.45) is -4.87. The standard InChI is InChI=1S/C7H11F3O5Si/c1-5(7(8,9)10)6(11)15-16(12-2,13-3)14-4/h1H2,2-4H3. The summed E-state index contributed by atoms with van der Waals surface area (Å²) in [5.74, 6) is -1.69. The van der Waals surface area contributed by atoms with Crippen LogP contribution in [0.2, 0.25) is 0 Å². The number of halogens is 3. The second-order valence-electron chi connectivity index (χ2n) is 2.48. The number of carbonyl (C=O) groups excluding carboxylic acids is 1. The summed E-state index contributed by atoms with van der Waals surface area (Å²) < 4.78 is 54.5. The highest BCUT2D eigenvalue weighted by Gasteiger charge is 2.50. The van der Waals surface area contributed by atoms with E-state index in [1.54, 1.807) is 0 Å². The fraction of sp³-hybridized carbons (Fsp3) is 0.571. The Morgan fingerprint density at radius 3 is 1.75 bits per heavy atom. The third kappa shape index (κ3) is 3.59. The van der Waals surface area contributed by atoms with Crippen LogP contribution in [0.25, 0.3) is 0 Å². The van der Waals surface area contributed by atoms with Crippen molar-refractivity contribution < 1.29 is 35.7 Å². The van der Waals surface area contributed by atoms with Gasteiger partial charge in [0, 0.05) is 21.3 Å². The molecule has 0 N–H and O–H groups in total. The molecular formula is C7H11F3O5Si. The van der Waals surface area contributed by atoms with Gasteiger partial charge in [-0.05, 0) is 0 Å². The van der Waals surface area contributed by atoms with E-state index in [9.17, 15) is 18.0 Å². The summed E-state index contributed by atoms with van der Waals surface area (Å²) >= 11 is 0. The van der Waals surface area contributed by atoms with Crippen LogP contribution in [0.3, 0.4) is 0 Å². The predicted octanol–water partition coefficient (Wildman–Crippen LogP) is 1.02. The highest BCUT2D eigenvalue weighted by atomic mass is 28.4. The average molecular weight is 260 g/mol. The van der Waals surface area contributed by atoms with E-state index < -0.39 is 26.8 Å². The molecule has 0 rings (SSSR count). The lowest BCUT2D eigenvalue weighted by atomic mass is 10.3. The Morgan fingerprint density at radius 1 is 1.12 bits per heavy atom. The second-order valence-corrected chi connectivity index (χ2v) is 4.91. The van der Waals surface area contributed by atoms with Crippen molar-refractivity contribution in [2.24, 2.45) is 0 Å². The molecule has 0 spiro atoms. The van der Waals surface area contributed by atoms with E-state index >= 15 is 0 Å². The maximum atomic E-state index is 12.1. The van der Waals surface area contributed by atoms with E-state index in [0.717, 1.165) is 21.3 Å². The van der Waals surface area contributed by atoms with Gasteiger partial charge in [0.2, 0.25) is 0 Å². The Kier molecular flexibility index (Phi) is 5.13. The first-order valence-electron chi connectivity index (χ1n) is 3.87. The van der Waals surface area contributed by atoms with Crippen LogP contribution in [0.1, 0.15) is 0 Å². The maximum Gasteiger partial charge on any atom is 0.751 e. The van der Waals surface area contributed by atoms with Crippen LogP contribution in [0.15, 0.2) is 12.2 Å². The summed E-state index contributed by atoms with van der Waals surface area (Å²) in [5.41, 5.74) is -1.66. The summed E-state index contributed by atoms with van der Waals surface area (Å²) in [7, 11) is -0.574. The Labute approximate surface area is 91.2 Å². The molecule has 0 aromatic rings. The molecule has 16 heavy (non-hydrogen) atoms. The molecule has 0 radical (unpaired) electrons. The van der Waals surface area contributed by atoms with Crippen molar-refractivity contribution in [2.45, 2.75) is 6.18 Å². The van der Waals surface area contributed by atoms with E-state index in [0.29, 0.717) is 0 Å². The van der Waals surface area contributed by atoms with Crippen LogP contribution >= 0.6 is 0 Å². The van der Waals surface area contributed by atoms with Crippen LogP contribution < -0.4 is 0 Å². The normalized spacial score (nSPS) is 12.4. The maximum absolute atomic E-state index is 12.1. The van der Waals surface area contributed by atoms with Crippen molar-refractivity contribution >= 4 is 15.0 Å². The van der Waals surface area contributed by atoms with Gasteiger partial charge in [-0.15, -0.1) is 0 Å². The van der Waals surface area contributed by atoms with Gasteiger partial charge in [0.25, 0.3) is 0 Å². The molecule has 0 aliphatic heterocycles. The molecule has 5 nitrogen and oxygen atoms in total. The lowest BCUT2D eigenvalue weighted by molar-refractivity contribution is -0.149. The van der Waals surface area contributed by atoms with Crippen molar-refractivity contribution in [1.29, 1.82) is 0 Å². The minimum atomic E-state index is -4.87. The van der Waals surface area contributed by atoms with E-state index in [2.05, 4.69) is 24.3 Å². The molecule has 0 aromatic carbocycles. The molecule has 0 aliphatic carbocycles. The molecule has 0 atom stereocenters. The molecule has 0 bridgehead atoms. The molecule has 0 saturated heterocycles. The van der Waals surface area contributed by atoms with Crippen molar-refractivity contribution in [2.75, 3.05) is 21.3 Å². The number of carbonyl (C=O) groups is 1. The van der Waals surface area contributed by atoms with Crippen LogP contribution in [-0.2, 0) is 22.5 Å². The molecule has 9 heteroatoms. The van der Waals surface area contributed by atoms with Crippen LogP contribution in [-0.4, -0.2) is 42.5 Å². The summed E-state index contributed by atoms with van der Waals surface area (Å²) in [6.45, 7) is 2.57. The molecule has 0 unspecified atom stereocenters. The fourth-order valence-corrected chi connectivity index (χ4v) is 1.77. The van der Waals surface area contributed by atoms with Crippen molar-refractivity contribution in [3.05, 3.63) is 12.2 Å². The van der Waals surface area contributed by atoms with Gasteiger partial charge in [-0.2, -0.15) is 13.2 Å². The predicted molar refractivity (Wildman–Crippen MR) is 48.1 cm³/mol. The molecule has 0 fully saturated rings. The third-order valence-electron chi connectivity index (χ3n) is 1.56. The zero-order valence-electron chi connectivity index (χ0n) is 8.88. The third-order valence-corrected chi connectivity index (χ3v) is 3.49. The largest absolute Gasteiger partial charge is 0.751 e. The highest BCUT2D eigenvalue weighted by molar-refractivity contribution is 6.55. The first kappa shape index (κ1) is 15.1. The monoisotopic (exact) mass is 260 g/mol. The Hall–Kier alpha value is -0.903. The SMILES string of the molecule is C=C(C(=O)O[Si](OC)(OC)OC)C(F)(F)F. The van der Waals surface area contributed by atoms with Crippen molar-refractivity contribution in [3.8, 4) is 0 Å². The van der Waals surface area contributed by atoms with Crippen LogP contribution in [0.4, 0.5) is 13.2 Å². The first-order valence-corrected chi connectivity index (χ1v) is 5.50. The molecule has 0 saturated carbocycles. The van der Waals surface area contributed by atoms with Gasteiger partial charge in [-0.3, -0.25) is 0 Å². The molecule has 0 amide bonds. The van der Waals surface area contributed by atoms with Gasteiger partial charge in [0.05, 0.1) is 0 Å². The Bertz CT molecular complexity index is 265. The lowest BCUT2D eigenvalue weighted by Crippen LogP contribution is -2.48. The molecule has 0 aliphatic rings. The van der Waals surface area contributed by atoms with Crippen LogP contribution in [0.5, 0.6) is 0 Å². The van der Waals surface area contributed by atoms with E-state index in [1.165, 1.54) is 0 Å². The van der Waals surface area contributed by atoms with E-state index in [-0.39, 0.29) is 0 Å². The van der Waals surface area contributed by atoms with Crippen LogP contribution in [0, 0.1) is 0 Å². The topological polar surface area (TPSA) is 54.0 Å². The number of alkyl halides is 3. The summed E-state index contributed by atoms with van der Waals surface area (Å²) in [5, 5.41) is 0. The number of hydrogen-bond acceptors (Lipinski definition) is 5. The minimum Gasteiger partial charge on any atom is -0.448 e. The van der Waals surface area contributed by atoms with Crippen molar-refractivity contribution in [3.63, 3.8) is 0 Å². The van der Waals surface area contributed by atoms with Gasteiger partial charge in [-0.25, -0.2) is 4.79 Å². The number of hydrogen-bond donors (Lipinski definition) is 0. The van der Waals surface area contributed by atoms with E-state index in [4.69, 9.17) is 0 Å². The molecule has 0 aromatic heterocycles. The fourth-order valence-electron chi connectivity index (χ4n) is 0.666. The first-order chi connectivity index (χ1) is 7.22. The zero-order valence-corrected chi connectivity index (χ0v) is 9.88. The van der Waals surface area contributed by atoms with Crippen molar-refractivity contribution in [1.82, 2.24) is 0 Å². The quantitative estimate of drug-likeness (QED) is 0.545. The average Bonchev–Trinajstić information content (AvgIpc) is 2.23. The van der Waals surface area contributed by atoms with E-state index in [1.807, 2.05) is 0 Å². The van der Waals surface area contributed by atoms with Gasteiger partial charge >= 0.3 is 21.2 Å². The smallest absolute Gasteiger partial charge is 0.448 e. The highest BCUT2D eigenvalue weighted by Crippen LogP contribution is 2.26. The summed E-state index contributed by atoms with van der Waals surface area (Å²) in [6, 6.07) is 0. The van der Waals surface area contributed by atoms with Gasteiger partial charge < -0.3 is 17.7 Å². The van der Waals surface area contributed by atoms with Gasteiger partial charge in [0.15, 0.2) is 0 Å². The Morgan fingerprint density at radius 2 is 1.50 bits per heavy atom.